The van der Waals surface area contributed by atoms with E-state index in [9.17, 15) is 34.4 Å². The van der Waals surface area contributed by atoms with E-state index < -0.39 is 62.0 Å². The molecule has 1 N–H and O–H groups in total. The molecule has 0 aromatic heterocycles. The standard InChI is InChI=1S/C31H27Cl2N3O9/c1-34-28(40)30(32)14-20-18(8-9-19-24(20)27(39)35(26(19)38)16-5-4-6-17(13-16)36(42)43)21(31(30,33)29(34)41)10-7-15-11-22(44-2)25(37)23(12-15)45-3/h4-8,10-13,19-21,24,37H,9,14H2,1-3H3/t19-,20+,21-,24-,30+,31-/m0/s1. The number of anilines is 1. The van der Waals surface area contributed by atoms with Gasteiger partial charge in [-0.15, -0.1) is 23.2 Å². The number of nitro benzene ring substituents is 1. The van der Waals surface area contributed by atoms with Crippen LogP contribution in [0.25, 0.3) is 6.08 Å². The minimum absolute atomic E-state index is 0.0664. The van der Waals surface area contributed by atoms with Crippen LogP contribution < -0.4 is 14.4 Å². The second-order valence-corrected chi connectivity index (χ2v) is 12.7. The van der Waals surface area contributed by atoms with E-state index in [1.165, 1.54) is 39.5 Å². The number of nitrogens with zero attached hydrogens (tertiary/aromatic N) is 3. The number of carbonyl (C=O) groups excluding carboxylic acids is 4. The summed E-state index contributed by atoms with van der Waals surface area (Å²) in [7, 11) is 4.05. The fraction of sp³-hybridized carbons (Fsp3) is 0.355. The summed E-state index contributed by atoms with van der Waals surface area (Å²) < 4.78 is 10.5. The number of non-ortho nitro benzene ring substituents is 1. The lowest BCUT2D eigenvalue weighted by Crippen LogP contribution is -2.60. The van der Waals surface area contributed by atoms with Crippen LogP contribution in [0.2, 0.25) is 0 Å². The van der Waals surface area contributed by atoms with Crippen molar-refractivity contribution in [2.75, 3.05) is 26.2 Å². The molecule has 0 bridgehead atoms. The van der Waals surface area contributed by atoms with Crippen molar-refractivity contribution in [3.63, 3.8) is 0 Å². The summed E-state index contributed by atoms with van der Waals surface area (Å²) in [6.07, 6.45) is 4.97. The minimum Gasteiger partial charge on any atom is -0.502 e. The zero-order chi connectivity index (χ0) is 32.6. The highest BCUT2D eigenvalue weighted by Crippen LogP contribution is 2.63. The Morgan fingerprint density at radius 2 is 1.69 bits per heavy atom. The van der Waals surface area contributed by atoms with E-state index in [0.29, 0.717) is 11.1 Å². The molecule has 2 heterocycles. The first kappa shape index (κ1) is 30.6. The SMILES string of the molecule is COc1cc(C=C[C@H]2C3=CC[C@@H]4C(=O)N(c5cccc([N+](=O)[O-])c5)C(=O)[C@@H]4[C@@H]3C[C@@]3(Cl)C(=O)N(C)C(=O)[C@@]23Cl)cc(OC)c1O. The number of fused-ring (bicyclic) bond motifs is 4. The van der Waals surface area contributed by atoms with E-state index in [1.807, 2.05) is 0 Å². The van der Waals surface area contributed by atoms with Gasteiger partial charge in [0, 0.05) is 25.1 Å². The van der Waals surface area contributed by atoms with Crippen LogP contribution in [0, 0.1) is 33.8 Å². The van der Waals surface area contributed by atoms with Gasteiger partial charge in [-0.2, -0.15) is 0 Å². The fourth-order valence-corrected chi connectivity index (χ4v) is 8.18. The Morgan fingerprint density at radius 3 is 2.31 bits per heavy atom. The number of benzene rings is 2. The van der Waals surface area contributed by atoms with Gasteiger partial charge in [0.2, 0.25) is 17.6 Å². The van der Waals surface area contributed by atoms with Gasteiger partial charge in [-0.05, 0) is 42.5 Å². The molecule has 2 aliphatic heterocycles. The van der Waals surface area contributed by atoms with E-state index in [-0.39, 0.29) is 41.5 Å². The van der Waals surface area contributed by atoms with Crippen molar-refractivity contribution in [1.82, 2.24) is 4.90 Å². The Kier molecular flexibility index (Phi) is 7.20. The van der Waals surface area contributed by atoms with Gasteiger partial charge in [-0.3, -0.25) is 34.2 Å². The van der Waals surface area contributed by atoms with E-state index in [4.69, 9.17) is 32.7 Å². The minimum atomic E-state index is -1.96. The number of alkyl halides is 2. The van der Waals surface area contributed by atoms with E-state index >= 15 is 0 Å². The zero-order valence-electron chi connectivity index (χ0n) is 24.2. The molecular formula is C31H27Cl2N3O9. The van der Waals surface area contributed by atoms with Gasteiger partial charge in [0.25, 0.3) is 17.5 Å². The maximum atomic E-state index is 14.0. The van der Waals surface area contributed by atoms with Gasteiger partial charge in [-0.1, -0.05) is 29.9 Å². The molecular weight excluding hydrogens is 629 g/mol. The summed E-state index contributed by atoms with van der Waals surface area (Å²) in [6, 6.07) is 8.34. The average molecular weight is 656 g/mol. The van der Waals surface area contributed by atoms with Crippen LogP contribution in [-0.4, -0.2) is 69.6 Å². The molecule has 2 aromatic carbocycles. The number of halogens is 2. The predicted molar refractivity (Wildman–Crippen MR) is 162 cm³/mol. The number of hydrogen-bond donors (Lipinski definition) is 1. The summed E-state index contributed by atoms with van der Waals surface area (Å²) in [6.45, 7) is 0. The highest BCUT2D eigenvalue weighted by atomic mass is 35.5. The third-order valence-corrected chi connectivity index (χ3v) is 10.8. The van der Waals surface area contributed by atoms with Crippen molar-refractivity contribution in [3.8, 4) is 17.2 Å². The molecule has 12 nitrogen and oxygen atoms in total. The molecule has 2 aliphatic carbocycles. The van der Waals surface area contributed by atoms with Gasteiger partial charge in [0.1, 0.15) is 0 Å². The first-order valence-electron chi connectivity index (χ1n) is 14.0. The number of phenols is 1. The summed E-state index contributed by atoms with van der Waals surface area (Å²) >= 11 is 14.3. The fourth-order valence-electron chi connectivity index (χ4n) is 7.21. The van der Waals surface area contributed by atoms with Crippen LogP contribution >= 0.6 is 23.2 Å². The number of phenolic OH excluding ortho intramolecular Hbond substituents is 1. The first-order valence-corrected chi connectivity index (χ1v) is 14.7. The summed E-state index contributed by atoms with van der Waals surface area (Å²) in [4.78, 5) is 63.6. The number of rotatable bonds is 6. The molecule has 0 unspecified atom stereocenters. The lowest BCUT2D eigenvalue weighted by molar-refractivity contribution is -0.384. The zero-order valence-corrected chi connectivity index (χ0v) is 25.7. The normalized spacial score (nSPS) is 30.7. The number of methoxy groups -OCH3 is 2. The number of hydrogen-bond acceptors (Lipinski definition) is 9. The monoisotopic (exact) mass is 655 g/mol. The molecule has 0 radical (unpaired) electrons. The molecule has 2 saturated heterocycles. The van der Waals surface area contributed by atoms with Crippen molar-refractivity contribution >= 4 is 64.3 Å². The van der Waals surface area contributed by atoms with Crippen molar-refractivity contribution in [1.29, 1.82) is 0 Å². The maximum absolute atomic E-state index is 14.0. The van der Waals surface area contributed by atoms with Crippen LogP contribution in [0.15, 0.2) is 54.1 Å². The van der Waals surface area contributed by atoms with Crippen molar-refractivity contribution in [2.24, 2.45) is 23.7 Å². The smallest absolute Gasteiger partial charge is 0.271 e. The predicted octanol–water partition coefficient (Wildman–Crippen LogP) is 4.06. The highest BCUT2D eigenvalue weighted by Gasteiger charge is 2.75. The van der Waals surface area contributed by atoms with Gasteiger partial charge in [0.05, 0.1) is 36.7 Å². The van der Waals surface area contributed by atoms with Crippen LogP contribution in [0.1, 0.15) is 18.4 Å². The van der Waals surface area contributed by atoms with Crippen LogP contribution in [0.3, 0.4) is 0 Å². The highest BCUT2D eigenvalue weighted by molar-refractivity contribution is 6.53. The molecule has 1 saturated carbocycles. The Morgan fingerprint density at radius 1 is 1.02 bits per heavy atom. The number of aromatic hydroxyl groups is 1. The number of allylic oxidation sites excluding steroid dienone is 3. The molecule has 6 rings (SSSR count). The Labute approximate surface area is 266 Å². The van der Waals surface area contributed by atoms with Crippen molar-refractivity contribution in [3.05, 3.63) is 69.8 Å². The molecule has 2 aromatic rings. The third kappa shape index (κ3) is 4.18. The first-order chi connectivity index (χ1) is 21.3. The van der Waals surface area contributed by atoms with Crippen LogP contribution in [0.4, 0.5) is 11.4 Å². The van der Waals surface area contributed by atoms with Gasteiger partial charge in [0.15, 0.2) is 21.2 Å². The molecule has 45 heavy (non-hydrogen) atoms. The van der Waals surface area contributed by atoms with Crippen LogP contribution in [-0.2, 0) is 19.2 Å². The number of nitro groups is 1. The second kappa shape index (κ2) is 10.6. The number of amides is 4. The van der Waals surface area contributed by atoms with Crippen molar-refractivity contribution in [2.45, 2.75) is 22.6 Å². The quantitative estimate of drug-likeness (QED) is 0.159. The Balaban J connectivity index is 1.46. The molecule has 6 atom stereocenters. The average Bonchev–Trinajstić information content (AvgIpc) is 3.35. The molecule has 14 heteroatoms. The molecule has 3 fully saturated rings. The molecule has 4 aliphatic rings. The Bertz CT molecular complexity index is 1730. The second-order valence-electron chi connectivity index (χ2n) is 11.5. The number of ether oxygens (including phenoxy) is 2. The lowest BCUT2D eigenvalue weighted by Gasteiger charge is -2.49. The largest absolute Gasteiger partial charge is 0.502 e. The third-order valence-electron chi connectivity index (χ3n) is 9.35. The van der Waals surface area contributed by atoms with Gasteiger partial charge < -0.3 is 14.6 Å². The van der Waals surface area contributed by atoms with Crippen molar-refractivity contribution < 1.29 is 38.7 Å². The number of likely N-dealkylation sites (tertiary alicyclic amines) is 1. The van der Waals surface area contributed by atoms with E-state index in [1.54, 1.807) is 30.4 Å². The molecule has 234 valence electrons. The Hall–Kier alpha value is -4.42. The lowest BCUT2D eigenvalue weighted by atomic mass is 9.57. The van der Waals surface area contributed by atoms with Crippen LogP contribution in [0.5, 0.6) is 17.2 Å². The molecule has 4 amide bonds. The summed E-state index contributed by atoms with van der Waals surface area (Å²) in [5, 5.41) is 21.7. The maximum Gasteiger partial charge on any atom is 0.271 e. The number of carbonyl (C=O) groups is 4. The topological polar surface area (TPSA) is 157 Å². The summed E-state index contributed by atoms with van der Waals surface area (Å²) in [5.74, 6) is -5.97. The van der Waals surface area contributed by atoms with Gasteiger partial charge >= 0.3 is 0 Å². The van der Waals surface area contributed by atoms with E-state index in [2.05, 4.69) is 0 Å². The summed E-state index contributed by atoms with van der Waals surface area (Å²) in [5.41, 5.74) is 0.871. The van der Waals surface area contributed by atoms with E-state index in [0.717, 1.165) is 15.9 Å². The van der Waals surface area contributed by atoms with Gasteiger partial charge in [-0.25, -0.2) is 4.90 Å². The number of imide groups is 2. The molecule has 0 spiro atoms.